The van der Waals surface area contributed by atoms with Crippen molar-refractivity contribution in [1.82, 2.24) is 10.3 Å². The van der Waals surface area contributed by atoms with Gasteiger partial charge in [0.25, 0.3) is 0 Å². The first-order valence-electron chi connectivity index (χ1n) is 6.85. The lowest BCUT2D eigenvalue weighted by Gasteiger charge is -2.10. The number of carbonyl (C=O) groups excluding carboxylic acids is 2. The molecule has 0 radical (unpaired) electrons. The Hall–Kier alpha value is -1.63. The Balaban J connectivity index is 1.79. The Bertz CT molecular complexity index is 469. The standard InChI is InChI=1S/C13H19N3O3S/c1-2-19-13(18)16-12-15-10(8-20-12)7-11(17)14-9-5-3-4-6-9/h8-9H,2-7H2,1H3,(H,14,17)(H,15,16,18). The maximum absolute atomic E-state index is 11.8. The van der Waals surface area contributed by atoms with Crippen molar-refractivity contribution in [3.8, 4) is 0 Å². The van der Waals surface area contributed by atoms with Gasteiger partial charge in [-0.05, 0) is 19.8 Å². The zero-order chi connectivity index (χ0) is 14.4. The fraction of sp³-hybridized carbons (Fsp3) is 0.615. The number of nitrogens with zero attached hydrogens (tertiary/aromatic N) is 1. The molecule has 0 aliphatic heterocycles. The second kappa shape index (κ2) is 7.23. The molecule has 0 unspecified atom stereocenters. The third-order valence-electron chi connectivity index (χ3n) is 3.10. The Kier molecular flexibility index (Phi) is 5.34. The number of hydrogen-bond acceptors (Lipinski definition) is 5. The number of rotatable bonds is 5. The molecule has 0 aromatic carbocycles. The van der Waals surface area contributed by atoms with Gasteiger partial charge in [-0.15, -0.1) is 11.3 Å². The van der Waals surface area contributed by atoms with Gasteiger partial charge in [0.05, 0.1) is 18.7 Å². The van der Waals surface area contributed by atoms with Gasteiger partial charge in [-0.25, -0.2) is 9.78 Å². The molecule has 2 N–H and O–H groups in total. The number of thiazole rings is 1. The van der Waals surface area contributed by atoms with Crippen LogP contribution in [-0.2, 0) is 16.0 Å². The van der Waals surface area contributed by atoms with E-state index in [4.69, 9.17) is 4.74 Å². The topological polar surface area (TPSA) is 80.3 Å². The van der Waals surface area contributed by atoms with Crippen LogP contribution in [0, 0.1) is 0 Å². The summed E-state index contributed by atoms with van der Waals surface area (Å²) in [5, 5.41) is 7.76. The summed E-state index contributed by atoms with van der Waals surface area (Å²) < 4.78 is 4.76. The SMILES string of the molecule is CCOC(=O)Nc1nc(CC(=O)NC2CCCC2)cs1. The molecule has 2 amide bonds. The molecule has 1 saturated carbocycles. The molecular weight excluding hydrogens is 278 g/mol. The minimum Gasteiger partial charge on any atom is -0.450 e. The Morgan fingerprint density at radius 2 is 2.20 bits per heavy atom. The van der Waals surface area contributed by atoms with E-state index < -0.39 is 6.09 Å². The largest absolute Gasteiger partial charge is 0.450 e. The monoisotopic (exact) mass is 297 g/mol. The van der Waals surface area contributed by atoms with Gasteiger partial charge in [0.2, 0.25) is 5.91 Å². The van der Waals surface area contributed by atoms with Crippen LogP contribution in [0.5, 0.6) is 0 Å². The lowest BCUT2D eigenvalue weighted by Crippen LogP contribution is -2.33. The highest BCUT2D eigenvalue weighted by molar-refractivity contribution is 7.13. The van der Waals surface area contributed by atoms with E-state index in [-0.39, 0.29) is 12.3 Å². The van der Waals surface area contributed by atoms with Crippen molar-refractivity contribution < 1.29 is 14.3 Å². The summed E-state index contributed by atoms with van der Waals surface area (Å²) in [5.74, 6) is -0.00937. The number of aromatic nitrogens is 1. The lowest BCUT2D eigenvalue weighted by molar-refractivity contribution is -0.121. The normalized spacial score (nSPS) is 15.1. The van der Waals surface area contributed by atoms with Gasteiger partial charge in [-0.2, -0.15) is 0 Å². The Labute approximate surface area is 121 Å². The molecule has 1 aliphatic carbocycles. The van der Waals surface area contributed by atoms with E-state index in [2.05, 4.69) is 15.6 Å². The zero-order valence-electron chi connectivity index (χ0n) is 11.5. The molecule has 1 aromatic heterocycles. The summed E-state index contributed by atoms with van der Waals surface area (Å²) in [4.78, 5) is 27.3. The number of anilines is 1. The van der Waals surface area contributed by atoms with Crippen LogP contribution in [0.15, 0.2) is 5.38 Å². The van der Waals surface area contributed by atoms with Crippen molar-refractivity contribution in [2.24, 2.45) is 0 Å². The summed E-state index contributed by atoms with van der Waals surface area (Å²) in [6, 6.07) is 0.318. The van der Waals surface area contributed by atoms with Crippen LogP contribution >= 0.6 is 11.3 Å². The molecular formula is C13H19N3O3S. The average molecular weight is 297 g/mol. The molecule has 1 heterocycles. The molecule has 0 spiro atoms. The van der Waals surface area contributed by atoms with Crippen LogP contribution in [-0.4, -0.2) is 29.6 Å². The van der Waals surface area contributed by atoms with Gasteiger partial charge in [0.15, 0.2) is 5.13 Å². The molecule has 110 valence electrons. The molecule has 0 bridgehead atoms. The van der Waals surface area contributed by atoms with Crippen molar-refractivity contribution in [2.75, 3.05) is 11.9 Å². The maximum Gasteiger partial charge on any atom is 0.413 e. The van der Waals surface area contributed by atoms with E-state index in [0.29, 0.717) is 23.5 Å². The highest BCUT2D eigenvalue weighted by Crippen LogP contribution is 2.19. The minimum absolute atomic E-state index is 0.00937. The first-order valence-corrected chi connectivity index (χ1v) is 7.73. The third-order valence-corrected chi connectivity index (χ3v) is 3.90. The molecule has 6 nitrogen and oxygen atoms in total. The average Bonchev–Trinajstić information content (AvgIpc) is 3.02. The van der Waals surface area contributed by atoms with Crippen LogP contribution < -0.4 is 10.6 Å². The van der Waals surface area contributed by atoms with Crippen LogP contribution in [0.2, 0.25) is 0 Å². The van der Waals surface area contributed by atoms with E-state index in [9.17, 15) is 9.59 Å². The van der Waals surface area contributed by atoms with Gasteiger partial charge in [-0.1, -0.05) is 12.8 Å². The summed E-state index contributed by atoms with van der Waals surface area (Å²) >= 11 is 1.29. The number of amides is 2. The van der Waals surface area contributed by atoms with Crippen LogP contribution in [0.4, 0.5) is 9.93 Å². The van der Waals surface area contributed by atoms with Crippen molar-refractivity contribution >= 4 is 28.5 Å². The quantitative estimate of drug-likeness (QED) is 0.874. The first-order chi connectivity index (χ1) is 9.67. The smallest absolute Gasteiger partial charge is 0.413 e. The Morgan fingerprint density at radius 3 is 2.90 bits per heavy atom. The zero-order valence-corrected chi connectivity index (χ0v) is 12.3. The van der Waals surface area contributed by atoms with Gasteiger partial charge in [0.1, 0.15) is 0 Å². The van der Waals surface area contributed by atoms with Crippen molar-refractivity contribution in [1.29, 1.82) is 0 Å². The van der Waals surface area contributed by atoms with E-state index in [1.807, 2.05) is 0 Å². The van der Waals surface area contributed by atoms with Crippen LogP contribution in [0.1, 0.15) is 38.3 Å². The van der Waals surface area contributed by atoms with Gasteiger partial charge >= 0.3 is 6.09 Å². The van der Waals surface area contributed by atoms with E-state index in [1.165, 1.54) is 24.2 Å². The summed E-state index contributed by atoms with van der Waals surface area (Å²) in [7, 11) is 0. The molecule has 1 fully saturated rings. The molecule has 7 heteroatoms. The van der Waals surface area contributed by atoms with Gasteiger partial charge in [-0.3, -0.25) is 10.1 Å². The van der Waals surface area contributed by atoms with Crippen molar-refractivity contribution in [3.05, 3.63) is 11.1 Å². The third kappa shape index (κ3) is 4.48. The molecule has 0 atom stereocenters. The molecule has 1 aliphatic rings. The predicted molar refractivity (Wildman–Crippen MR) is 76.9 cm³/mol. The van der Waals surface area contributed by atoms with E-state index >= 15 is 0 Å². The van der Waals surface area contributed by atoms with Gasteiger partial charge in [0, 0.05) is 11.4 Å². The van der Waals surface area contributed by atoms with Gasteiger partial charge < -0.3 is 10.1 Å². The number of nitrogens with one attached hydrogen (secondary N) is 2. The summed E-state index contributed by atoms with van der Waals surface area (Å²) in [5.41, 5.74) is 0.664. The Morgan fingerprint density at radius 1 is 1.45 bits per heavy atom. The molecule has 2 rings (SSSR count). The highest BCUT2D eigenvalue weighted by atomic mass is 32.1. The highest BCUT2D eigenvalue weighted by Gasteiger charge is 2.18. The number of hydrogen-bond donors (Lipinski definition) is 2. The fourth-order valence-corrected chi connectivity index (χ4v) is 2.91. The second-order valence-corrected chi connectivity index (χ2v) is 5.57. The minimum atomic E-state index is -0.524. The second-order valence-electron chi connectivity index (χ2n) is 4.72. The molecule has 1 aromatic rings. The van der Waals surface area contributed by atoms with Crippen molar-refractivity contribution in [2.45, 2.75) is 45.1 Å². The van der Waals surface area contributed by atoms with E-state index in [1.54, 1.807) is 12.3 Å². The fourth-order valence-electron chi connectivity index (χ4n) is 2.21. The van der Waals surface area contributed by atoms with Crippen molar-refractivity contribution in [3.63, 3.8) is 0 Å². The van der Waals surface area contributed by atoms with Crippen LogP contribution in [0.25, 0.3) is 0 Å². The number of ether oxygens (including phenoxy) is 1. The predicted octanol–water partition coefficient (Wildman–Crippen LogP) is 2.31. The maximum atomic E-state index is 11.8. The first kappa shape index (κ1) is 14.8. The summed E-state index contributed by atoms with van der Waals surface area (Å²) in [6.07, 6.45) is 4.24. The molecule has 0 saturated heterocycles. The lowest BCUT2D eigenvalue weighted by atomic mass is 10.2. The van der Waals surface area contributed by atoms with Crippen LogP contribution in [0.3, 0.4) is 0 Å². The van der Waals surface area contributed by atoms with E-state index in [0.717, 1.165) is 12.8 Å². The number of carbonyl (C=O) groups is 2. The molecule has 20 heavy (non-hydrogen) atoms. The summed E-state index contributed by atoms with van der Waals surface area (Å²) in [6.45, 7) is 2.05.